The molecule has 0 bridgehead atoms. The molecule has 1 saturated heterocycles. The third-order valence-corrected chi connectivity index (χ3v) is 1.64. The molecular weight excluding hydrogens is 133 g/mol. The molecule has 1 heterocycles. The summed E-state index contributed by atoms with van der Waals surface area (Å²) in [5, 5.41) is 0. The summed E-state index contributed by atoms with van der Waals surface area (Å²) < 4.78 is 0. The van der Waals surface area contributed by atoms with Crippen LogP contribution < -0.4 is 0 Å². The molecule has 2 heteroatoms. The topological polar surface area (TPSA) is 12.4 Å². The van der Waals surface area contributed by atoms with Crippen molar-refractivity contribution in [1.29, 1.82) is 0 Å². The van der Waals surface area contributed by atoms with E-state index in [4.69, 9.17) is 0 Å². The molecule has 1 aliphatic heterocycles. The Labute approximate surface area is 68.5 Å². The van der Waals surface area contributed by atoms with Crippen molar-refractivity contribution in [2.75, 3.05) is 0 Å². The van der Waals surface area contributed by atoms with Crippen molar-refractivity contribution in [2.45, 2.75) is 12.6 Å². The van der Waals surface area contributed by atoms with E-state index in [1.54, 1.807) is 12.3 Å². The Morgan fingerprint density at radius 3 is 2.82 bits per heavy atom. The van der Waals surface area contributed by atoms with Crippen LogP contribution in [0.25, 0.3) is 0 Å². The van der Waals surface area contributed by atoms with Gasteiger partial charge in [-0.1, -0.05) is 31.6 Å². The predicted octanol–water partition coefficient (Wildman–Crippen LogP) is 2.24. The number of aliphatic imine (C=N–C) groups is 1. The van der Waals surface area contributed by atoms with Gasteiger partial charge in [-0.25, -0.2) is 0 Å². The Bertz CT molecular complexity index is 202. The molecule has 1 radical (unpaired) electrons. The van der Waals surface area contributed by atoms with Crippen LogP contribution in [0.2, 0.25) is 12.6 Å². The molecule has 11 heavy (non-hydrogen) atoms. The molecule has 1 fully saturated rings. The average Bonchev–Trinajstić information content (AvgIpc) is 2.39. The summed E-state index contributed by atoms with van der Waals surface area (Å²) in [5.74, 6) is 0. The van der Waals surface area contributed by atoms with Gasteiger partial charge in [0.15, 0.2) is 0 Å². The molecule has 1 rings (SSSR count). The summed E-state index contributed by atoms with van der Waals surface area (Å²) in [7, 11) is 2.21. The average molecular weight is 144 g/mol. The van der Waals surface area contributed by atoms with E-state index in [1.807, 2.05) is 6.08 Å². The molecule has 1 aliphatic rings. The number of nitrogens with zero attached hydrogens (tertiary/aromatic N) is 1. The normalized spacial score (nSPS) is 23.6. The monoisotopic (exact) mass is 144 g/mol. The van der Waals surface area contributed by atoms with Crippen LogP contribution in [-0.4, -0.2) is 13.0 Å². The molecule has 1 nitrogen and oxygen atoms in total. The van der Waals surface area contributed by atoms with Crippen LogP contribution in [0.1, 0.15) is 0 Å². The van der Waals surface area contributed by atoms with Gasteiger partial charge in [0, 0.05) is 11.9 Å². The minimum absolute atomic E-state index is 0.964. The molecule has 0 aromatic heterocycles. The molecule has 0 aromatic carbocycles. The van der Waals surface area contributed by atoms with E-state index in [2.05, 4.69) is 25.4 Å². The van der Waals surface area contributed by atoms with Gasteiger partial charge in [0.1, 0.15) is 7.28 Å². The van der Waals surface area contributed by atoms with Crippen LogP contribution in [0.3, 0.4) is 0 Å². The van der Waals surface area contributed by atoms with Gasteiger partial charge in [-0.05, 0) is 11.9 Å². The first-order valence-electron chi connectivity index (χ1n) is 3.69. The fourth-order valence-electron chi connectivity index (χ4n) is 1.17. The smallest absolute Gasteiger partial charge is 0.123 e. The fraction of sp³-hybridized carbons (Fsp3) is 0.222. The minimum atomic E-state index is 0.964. The van der Waals surface area contributed by atoms with Gasteiger partial charge in [0.05, 0.1) is 0 Å². The Hall–Kier alpha value is -1.05. The highest BCUT2D eigenvalue weighted by molar-refractivity contribution is 6.50. The van der Waals surface area contributed by atoms with Crippen LogP contribution in [0.15, 0.2) is 42.1 Å². The lowest BCUT2D eigenvalue weighted by Crippen LogP contribution is -1.90. The van der Waals surface area contributed by atoms with Gasteiger partial charge in [0.25, 0.3) is 0 Å². The SMILES string of the molecule is C=C/C=C1/C[B]CC1=NC=C. The highest BCUT2D eigenvalue weighted by atomic mass is 14.7. The number of rotatable bonds is 2. The third kappa shape index (κ3) is 1.94. The first-order chi connectivity index (χ1) is 5.38. The molecule has 0 N–H and O–H groups in total. The van der Waals surface area contributed by atoms with Crippen LogP contribution in [0, 0.1) is 0 Å². The predicted molar refractivity (Wildman–Crippen MR) is 51.3 cm³/mol. The summed E-state index contributed by atoms with van der Waals surface area (Å²) >= 11 is 0. The first kappa shape index (κ1) is 8.06. The van der Waals surface area contributed by atoms with Crippen LogP contribution in [0.4, 0.5) is 0 Å². The van der Waals surface area contributed by atoms with Crippen LogP contribution in [0.5, 0.6) is 0 Å². The second-order valence-corrected chi connectivity index (χ2v) is 2.38. The van der Waals surface area contributed by atoms with E-state index in [0.29, 0.717) is 0 Å². The van der Waals surface area contributed by atoms with Crippen molar-refractivity contribution in [1.82, 2.24) is 0 Å². The van der Waals surface area contributed by atoms with E-state index in [-0.39, 0.29) is 0 Å². The van der Waals surface area contributed by atoms with E-state index in [1.165, 1.54) is 5.57 Å². The molecule has 0 amide bonds. The molecule has 0 aliphatic carbocycles. The van der Waals surface area contributed by atoms with Crippen molar-refractivity contribution in [2.24, 2.45) is 4.99 Å². The van der Waals surface area contributed by atoms with Crippen molar-refractivity contribution in [3.8, 4) is 0 Å². The van der Waals surface area contributed by atoms with Gasteiger partial charge >= 0.3 is 0 Å². The third-order valence-electron chi connectivity index (χ3n) is 1.64. The highest BCUT2D eigenvalue weighted by Gasteiger charge is 2.13. The lowest BCUT2D eigenvalue weighted by Gasteiger charge is -1.95. The summed E-state index contributed by atoms with van der Waals surface area (Å²) in [6.45, 7) is 7.21. The van der Waals surface area contributed by atoms with Gasteiger partial charge < -0.3 is 0 Å². The fourth-order valence-corrected chi connectivity index (χ4v) is 1.17. The minimum Gasteiger partial charge on any atom is -0.262 e. The van der Waals surface area contributed by atoms with E-state index >= 15 is 0 Å². The lowest BCUT2D eigenvalue weighted by atomic mass is 9.77. The Balaban J connectivity index is 2.80. The maximum Gasteiger partial charge on any atom is 0.123 e. The van der Waals surface area contributed by atoms with Crippen molar-refractivity contribution >= 4 is 13.0 Å². The molecule has 0 aromatic rings. The lowest BCUT2D eigenvalue weighted by molar-refractivity contribution is 1.51. The van der Waals surface area contributed by atoms with Gasteiger partial charge in [0.2, 0.25) is 0 Å². The van der Waals surface area contributed by atoms with Crippen LogP contribution >= 0.6 is 0 Å². The summed E-state index contributed by atoms with van der Waals surface area (Å²) in [4.78, 5) is 4.16. The molecule has 0 saturated carbocycles. The quantitative estimate of drug-likeness (QED) is 0.527. The molecule has 0 unspecified atom stereocenters. The summed E-state index contributed by atoms with van der Waals surface area (Å²) in [6.07, 6.45) is 7.37. The second kappa shape index (κ2) is 3.96. The van der Waals surface area contributed by atoms with Crippen molar-refractivity contribution < 1.29 is 0 Å². The van der Waals surface area contributed by atoms with Crippen LogP contribution in [-0.2, 0) is 0 Å². The van der Waals surface area contributed by atoms with Gasteiger partial charge in [-0.15, -0.1) is 0 Å². The van der Waals surface area contributed by atoms with E-state index in [0.717, 1.165) is 18.4 Å². The van der Waals surface area contributed by atoms with Crippen molar-refractivity contribution in [3.63, 3.8) is 0 Å². The highest BCUT2D eigenvalue weighted by Crippen LogP contribution is 2.17. The zero-order valence-electron chi connectivity index (χ0n) is 6.59. The standard InChI is InChI=1S/C9H11BN/c1-3-5-8-6-10-7-9(8)11-4-2/h3-5H,1-2,6-7H2/b8-5-,11-9?. The van der Waals surface area contributed by atoms with E-state index in [9.17, 15) is 0 Å². The summed E-state index contributed by atoms with van der Waals surface area (Å²) in [5.41, 5.74) is 2.39. The number of hydrogen-bond donors (Lipinski definition) is 0. The maximum atomic E-state index is 4.16. The van der Waals surface area contributed by atoms with Gasteiger partial charge in [-0.3, -0.25) is 4.99 Å². The van der Waals surface area contributed by atoms with Gasteiger partial charge in [-0.2, -0.15) is 0 Å². The first-order valence-corrected chi connectivity index (χ1v) is 3.69. The second-order valence-electron chi connectivity index (χ2n) is 2.38. The molecule has 55 valence electrons. The van der Waals surface area contributed by atoms with Crippen molar-refractivity contribution in [3.05, 3.63) is 37.1 Å². The Kier molecular flexibility index (Phi) is 2.90. The molecular formula is C9H11BN. The maximum absolute atomic E-state index is 4.16. The zero-order valence-corrected chi connectivity index (χ0v) is 6.59. The molecule has 0 spiro atoms. The number of hydrogen-bond acceptors (Lipinski definition) is 1. The Morgan fingerprint density at radius 1 is 1.36 bits per heavy atom. The Morgan fingerprint density at radius 2 is 2.18 bits per heavy atom. The number of allylic oxidation sites excluding steroid dienone is 3. The zero-order chi connectivity index (χ0) is 8.10. The largest absolute Gasteiger partial charge is 0.262 e. The van der Waals surface area contributed by atoms with E-state index < -0.39 is 0 Å². The molecule has 0 atom stereocenters. The summed E-state index contributed by atoms with van der Waals surface area (Å²) in [6, 6.07) is 0.